The first-order valence-corrected chi connectivity index (χ1v) is 4.83. The Morgan fingerprint density at radius 1 is 1.60 bits per heavy atom. The van der Waals surface area contributed by atoms with Crippen LogP contribution in [0.1, 0.15) is 17.2 Å². The lowest BCUT2D eigenvalue weighted by Gasteiger charge is -2.17. The summed E-state index contributed by atoms with van der Waals surface area (Å²) in [5.41, 5.74) is 6.73. The van der Waals surface area contributed by atoms with Gasteiger partial charge in [-0.3, -0.25) is 0 Å². The van der Waals surface area contributed by atoms with E-state index < -0.39 is 6.04 Å². The Balaban J connectivity index is 3.40. The predicted octanol–water partition coefficient (Wildman–Crippen LogP) is 1.35. The molecule has 1 unspecified atom stereocenters. The minimum absolute atomic E-state index is 0.0686. The first kappa shape index (κ1) is 12.1. The van der Waals surface area contributed by atoms with Crippen LogP contribution in [-0.4, -0.2) is 23.9 Å². The molecule has 0 spiro atoms. The van der Waals surface area contributed by atoms with Gasteiger partial charge >= 0.3 is 0 Å². The molecular formula is C10H14ClNO3. The third kappa shape index (κ3) is 2.17. The molecule has 0 aromatic heterocycles. The van der Waals surface area contributed by atoms with Gasteiger partial charge in [0, 0.05) is 16.7 Å². The van der Waals surface area contributed by atoms with E-state index in [0.29, 0.717) is 16.1 Å². The predicted molar refractivity (Wildman–Crippen MR) is 58.4 cm³/mol. The van der Waals surface area contributed by atoms with Crippen LogP contribution in [0.15, 0.2) is 6.07 Å². The molecule has 0 saturated heterocycles. The Bertz CT molecular complexity index is 368. The molecule has 4 nitrogen and oxygen atoms in total. The Morgan fingerprint density at radius 3 is 2.67 bits per heavy atom. The van der Waals surface area contributed by atoms with Gasteiger partial charge in [0.1, 0.15) is 0 Å². The lowest BCUT2D eigenvalue weighted by atomic mass is 10.0. The molecule has 5 heteroatoms. The number of hydrogen-bond donors (Lipinski definition) is 3. The molecular weight excluding hydrogens is 218 g/mol. The summed E-state index contributed by atoms with van der Waals surface area (Å²) in [5, 5.41) is 19.2. The van der Waals surface area contributed by atoms with Crippen LogP contribution < -0.4 is 10.5 Å². The Morgan fingerprint density at radius 2 is 2.20 bits per heavy atom. The summed E-state index contributed by atoms with van der Waals surface area (Å²) in [6.07, 6.45) is 0. The number of aliphatic hydroxyl groups excluding tert-OH is 1. The van der Waals surface area contributed by atoms with Crippen molar-refractivity contribution in [2.24, 2.45) is 5.73 Å². The number of benzene rings is 1. The minimum Gasteiger partial charge on any atom is -0.504 e. The number of methoxy groups -OCH3 is 1. The third-order valence-corrected chi connectivity index (χ3v) is 2.69. The second-order valence-electron chi connectivity index (χ2n) is 3.24. The second kappa shape index (κ2) is 4.70. The summed E-state index contributed by atoms with van der Waals surface area (Å²) in [5.74, 6) is 0.186. The number of aromatic hydroxyl groups is 1. The Labute approximate surface area is 93.2 Å². The Kier molecular flexibility index (Phi) is 3.79. The molecule has 0 aliphatic carbocycles. The fourth-order valence-corrected chi connectivity index (χ4v) is 1.63. The van der Waals surface area contributed by atoms with Crippen LogP contribution in [0.25, 0.3) is 0 Å². The van der Waals surface area contributed by atoms with Gasteiger partial charge in [0.2, 0.25) is 0 Å². The maximum atomic E-state index is 9.82. The van der Waals surface area contributed by atoms with Crippen molar-refractivity contribution in [3.63, 3.8) is 0 Å². The van der Waals surface area contributed by atoms with Crippen LogP contribution >= 0.6 is 11.6 Å². The maximum absolute atomic E-state index is 9.82. The fraction of sp³-hybridized carbons (Fsp3) is 0.400. The van der Waals surface area contributed by atoms with Gasteiger partial charge in [-0.05, 0) is 12.5 Å². The highest BCUT2D eigenvalue weighted by atomic mass is 35.5. The molecule has 0 fully saturated rings. The van der Waals surface area contributed by atoms with Crippen molar-refractivity contribution in [3.05, 3.63) is 22.2 Å². The van der Waals surface area contributed by atoms with Crippen LogP contribution in [-0.2, 0) is 0 Å². The smallest absolute Gasteiger partial charge is 0.162 e. The average Bonchev–Trinajstić information content (AvgIpc) is 2.23. The van der Waals surface area contributed by atoms with Crippen molar-refractivity contribution in [2.75, 3.05) is 13.7 Å². The van der Waals surface area contributed by atoms with Gasteiger partial charge in [0.25, 0.3) is 0 Å². The first-order chi connectivity index (χ1) is 7.02. The van der Waals surface area contributed by atoms with Gasteiger partial charge in [0.15, 0.2) is 11.5 Å². The molecule has 0 aliphatic heterocycles. The Hall–Kier alpha value is -0.970. The van der Waals surface area contributed by atoms with E-state index in [2.05, 4.69) is 0 Å². The van der Waals surface area contributed by atoms with E-state index >= 15 is 0 Å². The summed E-state index contributed by atoms with van der Waals surface area (Å²) in [6.45, 7) is 1.46. The summed E-state index contributed by atoms with van der Waals surface area (Å²) in [4.78, 5) is 0. The first-order valence-electron chi connectivity index (χ1n) is 4.45. The van der Waals surface area contributed by atoms with Gasteiger partial charge < -0.3 is 20.7 Å². The number of nitrogens with two attached hydrogens (primary N) is 1. The van der Waals surface area contributed by atoms with Gasteiger partial charge in [-0.1, -0.05) is 11.6 Å². The highest BCUT2D eigenvalue weighted by Gasteiger charge is 2.19. The van der Waals surface area contributed by atoms with E-state index in [4.69, 9.17) is 27.2 Å². The summed E-state index contributed by atoms with van der Waals surface area (Å²) in [6, 6.07) is 0.845. The standard InChI is InChI=1S/C10H14ClNO3/c1-5-6(11)3-8(15-2)10(14)9(5)7(12)4-13/h3,7,13-14H,4,12H2,1-2H3. The van der Waals surface area contributed by atoms with E-state index in [1.165, 1.54) is 13.2 Å². The largest absolute Gasteiger partial charge is 0.504 e. The van der Waals surface area contributed by atoms with Gasteiger partial charge in [-0.15, -0.1) is 0 Å². The maximum Gasteiger partial charge on any atom is 0.162 e. The molecule has 0 heterocycles. The lowest BCUT2D eigenvalue weighted by Crippen LogP contribution is -2.16. The molecule has 84 valence electrons. The van der Waals surface area contributed by atoms with Crippen molar-refractivity contribution in [1.29, 1.82) is 0 Å². The van der Waals surface area contributed by atoms with Crippen LogP contribution in [0.2, 0.25) is 5.02 Å². The normalized spacial score (nSPS) is 12.6. The highest BCUT2D eigenvalue weighted by Crippen LogP contribution is 2.39. The van der Waals surface area contributed by atoms with E-state index in [1.807, 2.05) is 0 Å². The third-order valence-electron chi connectivity index (χ3n) is 2.30. The number of halogens is 1. The summed E-state index contributed by atoms with van der Waals surface area (Å²) >= 11 is 5.94. The topological polar surface area (TPSA) is 75.7 Å². The molecule has 0 radical (unpaired) electrons. The molecule has 1 rings (SSSR count). The van der Waals surface area contributed by atoms with Crippen molar-refractivity contribution < 1.29 is 14.9 Å². The molecule has 15 heavy (non-hydrogen) atoms. The molecule has 1 aromatic rings. The lowest BCUT2D eigenvalue weighted by molar-refractivity contribution is 0.263. The zero-order valence-corrected chi connectivity index (χ0v) is 9.38. The average molecular weight is 232 g/mol. The molecule has 0 amide bonds. The van der Waals surface area contributed by atoms with Gasteiger partial charge in [-0.2, -0.15) is 0 Å². The number of phenols is 1. The van der Waals surface area contributed by atoms with Crippen LogP contribution in [0, 0.1) is 6.92 Å². The molecule has 0 saturated carbocycles. The number of phenolic OH excluding ortho intramolecular Hbond substituents is 1. The number of aliphatic hydroxyl groups is 1. The highest BCUT2D eigenvalue weighted by molar-refractivity contribution is 6.31. The summed E-state index contributed by atoms with van der Waals surface area (Å²) in [7, 11) is 1.43. The van der Waals surface area contributed by atoms with Gasteiger partial charge in [0.05, 0.1) is 19.8 Å². The van der Waals surface area contributed by atoms with Crippen LogP contribution in [0.4, 0.5) is 0 Å². The molecule has 0 bridgehead atoms. The van der Waals surface area contributed by atoms with E-state index in [9.17, 15) is 5.11 Å². The SMILES string of the molecule is COc1cc(Cl)c(C)c(C(N)CO)c1O. The fourth-order valence-electron chi connectivity index (χ4n) is 1.43. The second-order valence-corrected chi connectivity index (χ2v) is 3.64. The zero-order valence-electron chi connectivity index (χ0n) is 8.62. The quantitative estimate of drug-likeness (QED) is 0.734. The van der Waals surface area contributed by atoms with E-state index in [-0.39, 0.29) is 18.1 Å². The molecule has 4 N–H and O–H groups in total. The molecule has 1 atom stereocenters. The number of hydrogen-bond acceptors (Lipinski definition) is 4. The van der Waals surface area contributed by atoms with Crippen LogP contribution in [0.3, 0.4) is 0 Å². The monoisotopic (exact) mass is 231 g/mol. The van der Waals surface area contributed by atoms with E-state index in [1.54, 1.807) is 6.92 Å². The van der Waals surface area contributed by atoms with Crippen molar-refractivity contribution in [3.8, 4) is 11.5 Å². The number of rotatable bonds is 3. The molecule has 0 aliphatic rings. The van der Waals surface area contributed by atoms with Crippen molar-refractivity contribution >= 4 is 11.6 Å². The number of ether oxygens (including phenoxy) is 1. The zero-order chi connectivity index (χ0) is 11.6. The van der Waals surface area contributed by atoms with Crippen LogP contribution in [0.5, 0.6) is 11.5 Å². The van der Waals surface area contributed by atoms with E-state index in [0.717, 1.165) is 0 Å². The summed E-state index contributed by atoms with van der Waals surface area (Å²) < 4.78 is 4.94. The van der Waals surface area contributed by atoms with Crippen molar-refractivity contribution in [1.82, 2.24) is 0 Å². The molecule has 1 aromatic carbocycles. The van der Waals surface area contributed by atoms with Crippen molar-refractivity contribution in [2.45, 2.75) is 13.0 Å². The van der Waals surface area contributed by atoms with Gasteiger partial charge in [-0.25, -0.2) is 0 Å². The minimum atomic E-state index is -0.669.